The van der Waals surface area contributed by atoms with E-state index in [-0.39, 0.29) is 5.41 Å². The van der Waals surface area contributed by atoms with Gasteiger partial charge in [0.1, 0.15) is 0 Å². The van der Waals surface area contributed by atoms with Crippen LogP contribution in [0.25, 0.3) is 0 Å². The van der Waals surface area contributed by atoms with Gasteiger partial charge in [-0.25, -0.2) is 9.78 Å². The highest BCUT2D eigenvalue weighted by Gasteiger charge is 2.20. The molecule has 0 atom stereocenters. The van der Waals surface area contributed by atoms with Gasteiger partial charge in [-0.05, 0) is 36.0 Å². The minimum Gasteiger partial charge on any atom is -0.237 e. The van der Waals surface area contributed by atoms with Crippen LogP contribution in [-0.2, 0) is 9.78 Å². The van der Waals surface area contributed by atoms with Crippen molar-refractivity contribution in [1.82, 2.24) is 0 Å². The first-order valence-corrected chi connectivity index (χ1v) is 8.37. The molecule has 0 aromatic rings. The zero-order valence-corrected chi connectivity index (χ0v) is 15.1. The lowest BCUT2D eigenvalue weighted by atomic mass is 9.85. The molecule has 0 aromatic carbocycles. The van der Waals surface area contributed by atoms with E-state index >= 15 is 0 Å². The fraction of sp³-hybridized carbons (Fsp3) is 1.00. The summed E-state index contributed by atoms with van der Waals surface area (Å²) in [4.78, 5) is 10.7. The molecule has 0 amide bonds. The van der Waals surface area contributed by atoms with E-state index in [1.165, 1.54) is 32.1 Å². The third-order valence-corrected chi connectivity index (χ3v) is 3.40. The van der Waals surface area contributed by atoms with Gasteiger partial charge in [-0.3, -0.25) is 0 Å². The summed E-state index contributed by atoms with van der Waals surface area (Å²) in [6.45, 7) is 17.3. The highest BCUT2D eigenvalue weighted by molar-refractivity contribution is 4.68. The van der Waals surface area contributed by atoms with Crippen molar-refractivity contribution < 1.29 is 9.78 Å². The van der Waals surface area contributed by atoms with Gasteiger partial charge in [0.25, 0.3) is 0 Å². The Kier molecular flexibility index (Phi) is 9.74. The minimum atomic E-state index is 0.209. The summed E-state index contributed by atoms with van der Waals surface area (Å²) in [5.74, 6) is 0.705. The molecule has 0 aliphatic carbocycles. The van der Waals surface area contributed by atoms with Crippen LogP contribution >= 0.6 is 0 Å². The molecule has 0 aliphatic heterocycles. The molecule has 0 radical (unpaired) electrons. The molecule has 0 aliphatic rings. The maximum Gasteiger partial charge on any atom is 0.0873 e. The topological polar surface area (TPSA) is 18.5 Å². The maximum atomic E-state index is 5.36. The zero-order chi connectivity index (χ0) is 15.6. The Balaban J connectivity index is 3.37. The number of unbranched alkanes of at least 4 members (excludes halogenated alkanes) is 3. The minimum absolute atomic E-state index is 0.209. The van der Waals surface area contributed by atoms with Gasteiger partial charge in [0.15, 0.2) is 0 Å². The molecule has 2 heteroatoms. The Hall–Kier alpha value is -0.0800. The third kappa shape index (κ3) is 14.3. The van der Waals surface area contributed by atoms with E-state index in [0.717, 1.165) is 13.0 Å². The van der Waals surface area contributed by atoms with E-state index in [9.17, 15) is 0 Å². The number of hydrogen-bond donors (Lipinski definition) is 0. The van der Waals surface area contributed by atoms with E-state index in [1.54, 1.807) is 0 Å². The SMILES string of the molecule is CC(C)CC(C)(C)COOCCCCCCC(C)(C)C. The average molecular weight is 286 g/mol. The molecular weight excluding hydrogens is 248 g/mol. The monoisotopic (exact) mass is 286 g/mol. The molecular formula is C18H38O2. The van der Waals surface area contributed by atoms with Crippen LogP contribution in [0.4, 0.5) is 0 Å². The third-order valence-electron chi connectivity index (χ3n) is 3.40. The maximum absolute atomic E-state index is 5.36. The number of rotatable bonds is 11. The lowest BCUT2D eigenvalue weighted by Gasteiger charge is -2.25. The Bertz CT molecular complexity index is 226. The molecule has 0 spiro atoms. The van der Waals surface area contributed by atoms with Crippen LogP contribution in [0, 0.1) is 16.7 Å². The van der Waals surface area contributed by atoms with Crippen molar-refractivity contribution in [1.29, 1.82) is 0 Å². The van der Waals surface area contributed by atoms with Crippen molar-refractivity contribution in [3.63, 3.8) is 0 Å². The summed E-state index contributed by atoms with van der Waals surface area (Å²) in [5.41, 5.74) is 0.683. The molecule has 0 saturated heterocycles. The summed E-state index contributed by atoms with van der Waals surface area (Å²) in [5, 5.41) is 0. The average Bonchev–Trinajstić information content (AvgIpc) is 2.23. The predicted molar refractivity (Wildman–Crippen MR) is 87.7 cm³/mol. The van der Waals surface area contributed by atoms with Crippen LogP contribution in [0.3, 0.4) is 0 Å². The summed E-state index contributed by atoms with van der Waals surface area (Å²) < 4.78 is 0. The van der Waals surface area contributed by atoms with Crippen LogP contribution in [-0.4, -0.2) is 13.2 Å². The van der Waals surface area contributed by atoms with Gasteiger partial charge in [-0.2, -0.15) is 0 Å². The van der Waals surface area contributed by atoms with E-state index in [1.807, 2.05) is 0 Å². The molecule has 2 nitrogen and oxygen atoms in total. The Morgan fingerprint density at radius 3 is 1.95 bits per heavy atom. The summed E-state index contributed by atoms with van der Waals surface area (Å²) in [7, 11) is 0. The van der Waals surface area contributed by atoms with Gasteiger partial charge < -0.3 is 0 Å². The molecule has 0 aromatic heterocycles. The van der Waals surface area contributed by atoms with Gasteiger partial charge >= 0.3 is 0 Å². The Morgan fingerprint density at radius 1 is 0.800 bits per heavy atom. The second-order valence-electron chi connectivity index (χ2n) is 8.57. The van der Waals surface area contributed by atoms with Crippen molar-refractivity contribution in [3.8, 4) is 0 Å². The Morgan fingerprint density at radius 2 is 1.40 bits per heavy atom. The molecule has 0 bridgehead atoms. The van der Waals surface area contributed by atoms with Crippen molar-refractivity contribution in [3.05, 3.63) is 0 Å². The van der Waals surface area contributed by atoms with Gasteiger partial charge in [0.05, 0.1) is 13.2 Å². The smallest absolute Gasteiger partial charge is 0.0873 e. The summed E-state index contributed by atoms with van der Waals surface area (Å²) in [6, 6.07) is 0. The molecule has 0 rings (SSSR count). The second kappa shape index (κ2) is 9.78. The van der Waals surface area contributed by atoms with Crippen molar-refractivity contribution in [2.24, 2.45) is 16.7 Å². The number of hydrogen-bond acceptors (Lipinski definition) is 2. The predicted octanol–water partition coefficient (Wildman–Crippen LogP) is 6.00. The molecule has 0 saturated carbocycles. The molecule has 0 unspecified atom stereocenters. The first-order valence-electron chi connectivity index (χ1n) is 8.37. The van der Waals surface area contributed by atoms with Gasteiger partial charge in [-0.15, -0.1) is 0 Å². The van der Waals surface area contributed by atoms with Gasteiger partial charge in [0, 0.05) is 0 Å². The fourth-order valence-corrected chi connectivity index (χ4v) is 2.59. The summed E-state index contributed by atoms with van der Waals surface area (Å²) in [6.07, 6.45) is 7.46. The highest BCUT2D eigenvalue weighted by Crippen LogP contribution is 2.25. The lowest BCUT2D eigenvalue weighted by Crippen LogP contribution is -2.21. The van der Waals surface area contributed by atoms with Crippen LogP contribution in [0.15, 0.2) is 0 Å². The van der Waals surface area contributed by atoms with E-state index in [4.69, 9.17) is 9.78 Å². The van der Waals surface area contributed by atoms with Gasteiger partial charge in [-0.1, -0.05) is 67.7 Å². The zero-order valence-electron chi connectivity index (χ0n) is 15.1. The summed E-state index contributed by atoms with van der Waals surface area (Å²) >= 11 is 0. The van der Waals surface area contributed by atoms with Gasteiger partial charge in [0.2, 0.25) is 0 Å². The van der Waals surface area contributed by atoms with E-state index in [2.05, 4.69) is 48.5 Å². The first-order chi connectivity index (χ1) is 9.12. The van der Waals surface area contributed by atoms with Crippen LogP contribution in [0.2, 0.25) is 0 Å². The first kappa shape index (κ1) is 19.9. The van der Waals surface area contributed by atoms with Crippen molar-refractivity contribution in [2.45, 2.75) is 87.0 Å². The largest absolute Gasteiger partial charge is 0.237 e. The highest BCUT2D eigenvalue weighted by atomic mass is 17.2. The normalized spacial score (nSPS) is 13.2. The molecule has 20 heavy (non-hydrogen) atoms. The van der Waals surface area contributed by atoms with Crippen molar-refractivity contribution >= 4 is 0 Å². The van der Waals surface area contributed by atoms with Crippen LogP contribution in [0.1, 0.15) is 87.0 Å². The lowest BCUT2D eigenvalue weighted by molar-refractivity contribution is -0.309. The molecule has 0 N–H and O–H groups in total. The van der Waals surface area contributed by atoms with E-state index in [0.29, 0.717) is 17.9 Å². The van der Waals surface area contributed by atoms with Crippen LogP contribution in [0.5, 0.6) is 0 Å². The second-order valence-corrected chi connectivity index (χ2v) is 8.57. The Labute approximate surface area is 127 Å². The molecule has 0 fully saturated rings. The molecule has 122 valence electrons. The van der Waals surface area contributed by atoms with Crippen LogP contribution < -0.4 is 0 Å². The van der Waals surface area contributed by atoms with Crippen molar-refractivity contribution in [2.75, 3.05) is 13.2 Å². The quantitative estimate of drug-likeness (QED) is 0.263. The molecule has 0 heterocycles. The van der Waals surface area contributed by atoms with E-state index < -0.39 is 0 Å². The fourth-order valence-electron chi connectivity index (χ4n) is 2.59. The standard InChI is InChI=1S/C18H38O2/c1-16(2)14-18(6,7)15-20-19-13-11-9-8-10-12-17(3,4)5/h16H,8-15H2,1-7H3.